The molecule has 0 spiro atoms. The van der Waals surface area contributed by atoms with Crippen LogP contribution in [0.5, 0.6) is 0 Å². The molecular formula is C15H14N4O2. The maximum atomic E-state index is 12.3. The van der Waals surface area contributed by atoms with Crippen LogP contribution >= 0.6 is 0 Å². The summed E-state index contributed by atoms with van der Waals surface area (Å²) in [7, 11) is 1.73. The van der Waals surface area contributed by atoms with E-state index < -0.39 is 11.5 Å². The Labute approximate surface area is 120 Å². The van der Waals surface area contributed by atoms with Gasteiger partial charge >= 0.3 is 0 Å². The summed E-state index contributed by atoms with van der Waals surface area (Å²) in [6, 6.07) is 10.7. The second-order valence-electron chi connectivity index (χ2n) is 4.85. The first-order valence-electron chi connectivity index (χ1n) is 6.48. The molecule has 106 valence electrons. The lowest BCUT2D eigenvalue weighted by Gasteiger charge is -2.05. The molecule has 1 aromatic carbocycles. The van der Waals surface area contributed by atoms with Gasteiger partial charge in [0.05, 0.1) is 5.69 Å². The zero-order valence-corrected chi connectivity index (χ0v) is 11.7. The molecule has 2 heterocycles. The molecule has 0 saturated heterocycles. The maximum absolute atomic E-state index is 12.3. The fourth-order valence-corrected chi connectivity index (χ4v) is 2.23. The third kappa shape index (κ3) is 2.43. The Kier molecular flexibility index (Phi) is 3.06. The normalized spacial score (nSPS) is 10.8. The van der Waals surface area contributed by atoms with Gasteiger partial charge in [0.15, 0.2) is 0 Å². The highest BCUT2D eigenvalue weighted by molar-refractivity contribution is 6.05. The fourth-order valence-electron chi connectivity index (χ4n) is 2.23. The van der Waals surface area contributed by atoms with Crippen molar-refractivity contribution in [2.75, 3.05) is 5.32 Å². The number of benzene rings is 1. The van der Waals surface area contributed by atoms with Gasteiger partial charge in [0, 0.05) is 18.6 Å². The first-order valence-corrected chi connectivity index (χ1v) is 6.48. The topological polar surface area (TPSA) is 79.8 Å². The number of carbonyl (C=O) groups is 1. The van der Waals surface area contributed by atoms with E-state index in [1.165, 1.54) is 0 Å². The van der Waals surface area contributed by atoms with Crippen LogP contribution in [0.4, 0.5) is 5.82 Å². The minimum atomic E-state index is -0.454. The Balaban J connectivity index is 1.99. The van der Waals surface area contributed by atoms with Gasteiger partial charge in [0.25, 0.3) is 11.5 Å². The number of hydrogen-bond donors (Lipinski definition) is 2. The average Bonchev–Trinajstić information content (AvgIpc) is 2.76. The molecule has 0 fully saturated rings. The first-order chi connectivity index (χ1) is 10.0. The van der Waals surface area contributed by atoms with E-state index >= 15 is 0 Å². The van der Waals surface area contributed by atoms with Crippen LogP contribution in [0, 0.1) is 6.92 Å². The van der Waals surface area contributed by atoms with Gasteiger partial charge in [0.2, 0.25) is 0 Å². The summed E-state index contributed by atoms with van der Waals surface area (Å²) in [6.45, 7) is 1.83. The van der Waals surface area contributed by atoms with Crippen LogP contribution in [-0.2, 0) is 7.05 Å². The van der Waals surface area contributed by atoms with E-state index in [1.807, 2.05) is 25.1 Å². The van der Waals surface area contributed by atoms with Crippen molar-refractivity contribution in [1.82, 2.24) is 14.8 Å². The molecule has 6 nitrogen and oxygen atoms in total. The Hall–Kier alpha value is -2.89. The molecule has 2 N–H and O–H groups in total. The predicted octanol–water partition coefficient (Wildman–Crippen LogP) is 1.82. The lowest BCUT2D eigenvalue weighted by Crippen LogP contribution is -2.23. The minimum absolute atomic E-state index is 0.0764. The Morgan fingerprint density at radius 3 is 2.76 bits per heavy atom. The zero-order valence-electron chi connectivity index (χ0n) is 11.7. The number of para-hydroxylation sites is 1. The van der Waals surface area contributed by atoms with Crippen molar-refractivity contribution in [3.63, 3.8) is 0 Å². The molecule has 3 rings (SSSR count). The van der Waals surface area contributed by atoms with Crippen molar-refractivity contribution in [2.45, 2.75) is 6.92 Å². The smallest absolute Gasteiger partial charge is 0.262 e. The molecule has 0 aliphatic rings. The van der Waals surface area contributed by atoms with Crippen molar-refractivity contribution in [1.29, 1.82) is 0 Å². The van der Waals surface area contributed by atoms with Crippen LogP contribution < -0.4 is 10.9 Å². The monoisotopic (exact) mass is 282 g/mol. The second-order valence-corrected chi connectivity index (χ2v) is 4.85. The number of nitrogens with one attached hydrogen (secondary N) is 2. The van der Waals surface area contributed by atoms with E-state index in [-0.39, 0.29) is 5.56 Å². The number of aromatic amines is 1. The predicted molar refractivity (Wildman–Crippen MR) is 80.5 cm³/mol. The van der Waals surface area contributed by atoms with Gasteiger partial charge < -0.3 is 10.3 Å². The number of pyridine rings is 1. The van der Waals surface area contributed by atoms with Crippen molar-refractivity contribution >= 4 is 22.6 Å². The SMILES string of the molecule is Cc1cc(NC(=O)c2cc3ccccc3[nH]c2=O)n(C)n1. The molecule has 0 aliphatic carbocycles. The highest BCUT2D eigenvalue weighted by Crippen LogP contribution is 2.12. The number of hydrogen-bond acceptors (Lipinski definition) is 3. The number of aryl methyl sites for hydroxylation is 2. The van der Waals surface area contributed by atoms with E-state index in [2.05, 4.69) is 15.4 Å². The zero-order chi connectivity index (χ0) is 15.0. The minimum Gasteiger partial charge on any atom is -0.321 e. The molecule has 1 amide bonds. The van der Waals surface area contributed by atoms with Gasteiger partial charge in [-0.1, -0.05) is 18.2 Å². The number of rotatable bonds is 2. The fraction of sp³-hybridized carbons (Fsp3) is 0.133. The van der Waals surface area contributed by atoms with Gasteiger partial charge in [-0.2, -0.15) is 5.10 Å². The van der Waals surface area contributed by atoms with Gasteiger partial charge in [-0.05, 0) is 24.4 Å². The van der Waals surface area contributed by atoms with Crippen molar-refractivity contribution in [3.8, 4) is 0 Å². The lowest BCUT2D eigenvalue weighted by molar-refractivity contribution is 0.102. The number of amides is 1. The summed E-state index contributed by atoms with van der Waals surface area (Å²) in [5.41, 5.74) is 1.16. The van der Waals surface area contributed by atoms with Crippen LogP contribution in [-0.4, -0.2) is 20.7 Å². The first kappa shape index (κ1) is 13.1. The van der Waals surface area contributed by atoms with E-state index in [1.54, 1.807) is 29.9 Å². The Bertz CT molecular complexity index is 892. The van der Waals surface area contributed by atoms with Crippen molar-refractivity contribution < 1.29 is 4.79 Å². The third-order valence-corrected chi connectivity index (χ3v) is 3.24. The van der Waals surface area contributed by atoms with Crippen LogP contribution in [0.25, 0.3) is 10.9 Å². The number of H-pyrrole nitrogens is 1. The van der Waals surface area contributed by atoms with E-state index in [0.29, 0.717) is 11.3 Å². The highest BCUT2D eigenvalue weighted by Gasteiger charge is 2.14. The van der Waals surface area contributed by atoms with Crippen molar-refractivity contribution in [2.24, 2.45) is 7.05 Å². The number of carbonyl (C=O) groups excluding carboxylic acids is 1. The standard InChI is InChI=1S/C15H14N4O2/c1-9-7-13(19(2)18-9)17-15(21)11-8-10-5-3-4-6-12(10)16-14(11)20/h3-8H,1-2H3,(H,16,20)(H,17,21). The molecular weight excluding hydrogens is 268 g/mol. The third-order valence-electron chi connectivity index (χ3n) is 3.24. The lowest BCUT2D eigenvalue weighted by atomic mass is 10.1. The molecule has 0 radical (unpaired) electrons. The Morgan fingerprint density at radius 2 is 2.05 bits per heavy atom. The van der Waals surface area contributed by atoms with E-state index in [0.717, 1.165) is 11.1 Å². The van der Waals surface area contributed by atoms with Gasteiger partial charge in [0.1, 0.15) is 11.4 Å². The Morgan fingerprint density at radius 1 is 1.29 bits per heavy atom. The van der Waals surface area contributed by atoms with Crippen LogP contribution in [0.15, 0.2) is 41.2 Å². The molecule has 2 aromatic heterocycles. The van der Waals surface area contributed by atoms with Gasteiger partial charge in [-0.15, -0.1) is 0 Å². The number of fused-ring (bicyclic) bond motifs is 1. The number of anilines is 1. The van der Waals surface area contributed by atoms with Crippen molar-refractivity contribution in [3.05, 3.63) is 58.0 Å². The molecule has 3 aromatic rings. The summed E-state index contributed by atoms with van der Waals surface area (Å²) in [6.07, 6.45) is 0. The quantitative estimate of drug-likeness (QED) is 0.752. The van der Waals surface area contributed by atoms with E-state index in [9.17, 15) is 9.59 Å². The summed E-state index contributed by atoms with van der Waals surface area (Å²) in [5, 5.41) is 7.65. The van der Waals surface area contributed by atoms with Gasteiger partial charge in [-0.25, -0.2) is 0 Å². The number of aromatic nitrogens is 3. The second kappa shape index (κ2) is 4.90. The summed E-state index contributed by atoms with van der Waals surface area (Å²) in [4.78, 5) is 27.0. The average molecular weight is 282 g/mol. The highest BCUT2D eigenvalue weighted by atomic mass is 16.2. The summed E-state index contributed by atoms with van der Waals surface area (Å²) in [5.74, 6) is 0.0926. The molecule has 0 aliphatic heterocycles. The molecule has 0 bridgehead atoms. The molecule has 0 saturated carbocycles. The van der Waals surface area contributed by atoms with Crippen LogP contribution in [0.3, 0.4) is 0 Å². The molecule has 6 heteroatoms. The van der Waals surface area contributed by atoms with Crippen LogP contribution in [0.2, 0.25) is 0 Å². The summed E-state index contributed by atoms with van der Waals surface area (Å²) < 4.78 is 1.56. The molecule has 21 heavy (non-hydrogen) atoms. The molecule has 0 atom stereocenters. The maximum Gasteiger partial charge on any atom is 0.262 e. The van der Waals surface area contributed by atoms with E-state index in [4.69, 9.17) is 0 Å². The molecule has 0 unspecified atom stereocenters. The number of nitrogens with zero attached hydrogens (tertiary/aromatic N) is 2. The van der Waals surface area contributed by atoms with Gasteiger partial charge in [-0.3, -0.25) is 14.3 Å². The largest absolute Gasteiger partial charge is 0.321 e. The summed E-state index contributed by atoms with van der Waals surface area (Å²) >= 11 is 0. The van der Waals surface area contributed by atoms with Crippen LogP contribution in [0.1, 0.15) is 16.1 Å².